The first-order valence-corrected chi connectivity index (χ1v) is 19.4. The van der Waals surface area contributed by atoms with Gasteiger partial charge in [0.05, 0.1) is 11.3 Å². The highest BCUT2D eigenvalue weighted by Crippen LogP contribution is 2.47. The molecule has 0 spiro atoms. The molecule has 2 saturated carbocycles. The summed E-state index contributed by atoms with van der Waals surface area (Å²) in [6.45, 7) is 7.32. The number of nitrogens with zero attached hydrogens (tertiary/aromatic N) is 2. The Balaban J connectivity index is 1.25. The Kier molecular flexibility index (Phi) is 9.90. The van der Waals surface area contributed by atoms with Crippen LogP contribution in [-0.4, -0.2) is 88.7 Å². The van der Waals surface area contributed by atoms with Gasteiger partial charge in [0, 0.05) is 25.4 Å². The summed E-state index contributed by atoms with van der Waals surface area (Å²) < 4.78 is 38.7. The first kappa shape index (κ1) is 36.6. The fourth-order valence-electron chi connectivity index (χ4n) is 7.08. The zero-order chi connectivity index (χ0) is 36.8. The normalized spacial score (nSPS) is 29.6. The summed E-state index contributed by atoms with van der Waals surface area (Å²) in [6, 6.07) is 5.48. The molecule has 1 saturated heterocycles. The number of allylic oxidation sites excluding steroid dienone is 1. The van der Waals surface area contributed by atoms with E-state index in [0.29, 0.717) is 38.8 Å². The Hall–Kier alpha value is -4.14. The average molecular weight is 728 g/mol. The summed E-state index contributed by atoms with van der Waals surface area (Å²) in [5.41, 5.74) is -0.337. The number of amides is 5. The molecule has 2 aliphatic carbocycles. The maximum absolute atomic E-state index is 14.3. The van der Waals surface area contributed by atoms with E-state index in [1.807, 2.05) is 36.4 Å². The molecule has 3 fully saturated rings. The van der Waals surface area contributed by atoms with Crippen LogP contribution in [0, 0.1) is 5.92 Å². The number of carbonyl (C=O) groups excluding carboxylic acids is 5. The van der Waals surface area contributed by atoms with Crippen LogP contribution in [-0.2, 0) is 47.0 Å². The molecule has 6 rings (SSSR count). The van der Waals surface area contributed by atoms with E-state index < -0.39 is 79.9 Å². The topological polar surface area (TPSA) is 181 Å². The Bertz CT molecular complexity index is 1690. The quantitative estimate of drug-likeness (QED) is 0.383. The maximum atomic E-state index is 14.3. The molecule has 3 aliphatic heterocycles. The molecule has 5 aliphatic rings. The van der Waals surface area contributed by atoms with Gasteiger partial charge in [0.2, 0.25) is 21.8 Å². The zero-order valence-electron chi connectivity index (χ0n) is 29.7. The Morgan fingerprint density at radius 2 is 1.71 bits per heavy atom. The van der Waals surface area contributed by atoms with Crippen LogP contribution in [0.4, 0.5) is 9.59 Å². The second kappa shape index (κ2) is 13.8. The van der Waals surface area contributed by atoms with E-state index in [1.165, 1.54) is 4.90 Å². The van der Waals surface area contributed by atoms with Crippen LogP contribution < -0.4 is 15.4 Å². The number of alkyl carbamates (subject to hydrolysis) is 1. The summed E-state index contributed by atoms with van der Waals surface area (Å²) >= 11 is 0. The number of benzene rings is 1. The van der Waals surface area contributed by atoms with Crippen LogP contribution in [0.1, 0.15) is 96.6 Å². The van der Waals surface area contributed by atoms with Crippen LogP contribution in [0.5, 0.6) is 0 Å². The Morgan fingerprint density at radius 1 is 1.02 bits per heavy atom. The third-order valence-corrected chi connectivity index (χ3v) is 12.7. The third-order valence-electron chi connectivity index (χ3n) is 10.5. The lowest BCUT2D eigenvalue weighted by molar-refractivity contribution is -0.141. The van der Waals surface area contributed by atoms with Crippen molar-refractivity contribution in [2.75, 3.05) is 6.54 Å². The first-order valence-electron chi connectivity index (χ1n) is 17.9. The van der Waals surface area contributed by atoms with Gasteiger partial charge in [0.1, 0.15) is 29.3 Å². The average Bonchev–Trinajstić information content (AvgIpc) is 3.84. The molecule has 1 aromatic carbocycles. The predicted octanol–water partition coefficient (Wildman–Crippen LogP) is 3.40. The minimum atomic E-state index is -3.99. The number of hydrogen-bond acceptors (Lipinski definition) is 9. The molecule has 5 amide bonds. The highest BCUT2D eigenvalue weighted by atomic mass is 32.2. The molecule has 278 valence electrons. The lowest BCUT2D eigenvalue weighted by atomic mass is 10.0. The van der Waals surface area contributed by atoms with Crippen molar-refractivity contribution in [2.24, 2.45) is 5.92 Å². The van der Waals surface area contributed by atoms with Crippen molar-refractivity contribution in [1.29, 1.82) is 0 Å². The SMILES string of the molecule is CC(C)(C)OC(=O)N[C@H]1CCCCC/C=C\[C@@H]2C[C@@]2(C(=O)NS(=O)(=O)C2(C)CC2)NC(=O)[C@@H]2C[C@@H](OC(=O)N3Cc4ccccc4C3)CN2C1=O. The van der Waals surface area contributed by atoms with Crippen molar-refractivity contribution in [3.05, 3.63) is 47.5 Å². The van der Waals surface area contributed by atoms with E-state index in [9.17, 15) is 32.4 Å². The molecule has 0 unspecified atom stereocenters. The maximum Gasteiger partial charge on any atom is 0.410 e. The van der Waals surface area contributed by atoms with E-state index in [4.69, 9.17) is 9.47 Å². The predicted molar refractivity (Wildman–Crippen MR) is 185 cm³/mol. The molecule has 14 nitrogen and oxygen atoms in total. The van der Waals surface area contributed by atoms with Gasteiger partial charge in [-0.1, -0.05) is 49.3 Å². The number of sulfonamides is 1. The summed E-state index contributed by atoms with van der Waals surface area (Å²) in [4.78, 5) is 71.4. The molecule has 1 aromatic rings. The molecule has 0 radical (unpaired) electrons. The van der Waals surface area contributed by atoms with Gasteiger partial charge in [-0.15, -0.1) is 0 Å². The standard InChI is InChI=1S/C36H49N5O9S/c1-34(2,3)50-32(45)37-27-15-9-7-5-6-8-14-25-19-36(25,31(44)39-51(47,48)35(4)16-17-35)38-29(42)28-18-26(22-41(28)30(27)43)49-33(46)40-20-23-12-10-11-13-24(23)21-40/h8,10-14,25-28H,5-7,9,15-22H2,1-4H3,(H,37,45)(H,38,42)(H,39,44)/b14-8-/t25-,26-,27+,28+,36-/m1/s1. The summed E-state index contributed by atoms with van der Waals surface area (Å²) in [5, 5.41) is 5.53. The van der Waals surface area contributed by atoms with Gasteiger partial charge in [-0.2, -0.15) is 0 Å². The Morgan fingerprint density at radius 3 is 2.35 bits per heavy atom. The Labute approximate surface area is 299 Å². The number of hydrogen-bond donors (Lipinski definition) is 3. The van der Waals surface area contributed by atoms with Gasteiger partial charge < -0.3 is 25.0 Å². The first-order chi connectivity index (χ1) is 24.0. The third kappa shape index (κ3) is 8.02. The second-order valence-electron chi connectivity index (χ2n) is 15.8. The fraction of sp³-hybridized carbons (Fsp3) is 0.639. The summed E-state index contributed by atoms with van der Waals surface area (Å²) in [6.07, 6.45) is 5.62. The lowest BCUT2D eigenvalue weighted by Gasteiger charge is -2.30. The number of ether oxygens (including phenoxy) is 2. The smallest absolute Gasteiger partial charge is 0.410 e. The van der Waals surface area contributed by atoms with Crippen LogP contribution in [0.2, 0.25) is 0 Å². The molecule has 0 bridgehead atoms. The van der Waals surface area contributed by atoms with Crippen LogP contribution in [0.3, 0.4) is 0 Å². The molecular formula is C36H49N5O9S. The minimum Gasteiger partial charge on any atom is -0.444 e. The fourth-order valence-corrected chi connectivity index (χ4v) is 8.39. The van der Waals surface area contributed by atoms with Crippen LogP contribution in [0.25, 0.3) is 0 Å². The highest BCUT2D eigenvalue weighted by molar-refractivity contribution is 7.91. The van der Waals surface area contributed by atoms with Gasteiger partial charge in [0.15, 0.2) is 0 Å². The number of rotatable bonds is 5. The molecule has 51 heavy (non-hydrogen) atoms. The molecule has 15 heteroatoms. The van der Waals surface area contributed by atoms with Crippen LogP contribution in [0.15, 0.2) is 36.4 Å². The van der Waals surface area contributed by atoms with E-state index in [2.05, 4.69) is 15.4 Å². The van der Waals surface area contributed by atoms with Crippen molar-refractivity contribution in [3.8, 4) is 0 Å². The molecule has 3 N–H and O–H groups in total. The molecular weight excluding hydrogens is 678 g/mol. The van der Waals surface area contributed by atoms with Crippen molar-refractivity contribution in [2.45, 2.75) is 133 Å². The number of nitrogens with one attached hydrogen (secondary N) is 3. The van der Waals surface area contributed by atoms with Crippen LogP contribution >= 0.6 is 0 Å². The van der Waals surface area contributed by atoms with E-state index >= 15 is 0 Å². The highest BCUT2D eigenvalue weighted by Gasteiger charge is 2.63. The van der Waals surface area contributed by atoms with E-state index in [-0.39, 0.29) is 25.8 Å². The van der Waals surface area contributed by atoms with Gasteiger partial charge in [-0.25, -0.2) is 18.0 Å². The van der Waals surface area contributed by atoms with Crippen molar-refractivity contribution in [1.82, 2.24) is 25.2 Å². The monoisotopic (exact) mass is 727 g/mol. The van der Waals surface area contributed by atoms with Crippen molar-refractivity contribution >= 4 is 39.9 Å². The lowest BCUT2D eigenvalue weighted by Crippen LogP contribution is -2.58. The van der Waals surface area contributed by atoms with Crippen molar-refractivity contribution in [3.63, 3.8) is 0 Å². The number of fused-ring (bicyclic) bond motifs is 3. The van der Waals surface area contributed by atoms with Gasteiger partial charge in [0.25, 0.3) is 5.91 Å². The molecule has 3 heterocycles. The number of carbonyl (C=O) groups is 5. The van der Waals surface area contributed by atoms with Crippen molar-refractivity contribution < 1.29 is 41.9 Å². The molecule has 5 atom stereocenters. The largest absolute Gasteiger partial charge is 0.444 e. The summed E-state index contributed by atoms with van der Waals surface area (Å²) in [7, 11) is -3.99. The van der Waals surface area contributed by atoms with Gasteiger partial charge in [-0.3, -0.25) is 24.0 Å². The van der Waals surface area contributed by atoms with Gasteiger partial charge >= 0.3 is 12.2 Å². The molecule has 0 aromatic heterocycles. The zero-order valence-corrected chi connectivity index (χ0v) is 30.6. The van der Waals surface area contributed by atoms with Gasteiger partial charge in [-0.05, 0) is 77.3 Å². The van der Waals surface area contributed by atoms with E-state index in [1.54, 1.807) is 32.6 Å². The van der Waals surface area contributed by atoms with E-state index in [0.717, 1.165) is 24.0 Å². The summed E-state index contributed by atoms with van der Waals surface area (Å²) in [5.74, 6) is -2.50. The minimum absolute atomic E-state index is 0.0577. The second-order valence-corrected chi connectivity index (χ2v) is 18.0.